The summed E-state index contributed by atoms with van der Waals surface area (Å²) in [6, 6.07) is 12.8. The smallest absolute Gasteiger partial charge is 0.120 e. The van der Waals surface area contributed by atoms with Crippen LogP contribution in [0.5, 0.6) is 11.5 Å². The SMILES string of the molecule is Oc1ccc(COc2ccc3c(c2)CC[C@H]3O)cc1. The first-order chi connectivity index (χ1) is 9.22. The standard InChI is InChI=1S/C16H16O3/c17-13-4-1-11(2-5-13)10-19-14-6-7-15-12(9-14)3-8-16(15)18/h1-2,4-7,9,16-18H,3,8,10H2/t16-/m1/s1. The van der Waals surface area contributed by atoms with Gasteiger partial charge < -0.3 is 14.9 Å². The van der Waals surface area contributed by atoms with Gasteiger partial charge in [-0.3, -0.25) is 0 Å². The Morgan fingerprint density at radius 1 is 1.11 bits per heavy atom. The van der Waals surface area contributed by atoms with Gasteiger partial charge in [0.2, 0.25) is 0 Å². The molecule has 2 aromatic rings. The normalized spacial score (nSPS) is 17.2. The van der Waals surface area contributed by atoms with Crippen LogP contribution >= 0.6 is 0 Å². The number of aryl methyl sites for hydroxylation is 1. The molecule has 3 nitrogen and oxygen atoms in total. The van der Waals surface area contributed by atoms with Gasteiger partial charge >= 0.3 is 0 Å². The molecule has 0 aliphatic heterocycles. The van der Waals surface area contributed by atoms with E-state index in [2.05, 4.69) is 0 Å². The summed E-state index contributed by atoms with van der Waals surface area (Å²) in [6.07, 6.45) is 1.39. The van der Waals surface area contributed by atoms with Crippen molar-refractivity contribution in [2.75, 3.05) is 0 Å². The molecule has 0 bridgehead atoms. The highest BCUT2D eigenvalue weighted by Crippen LogP contribution is 2.33. The Bertz CT molecular complexity index is 575. The maximum atomic E-state index is 9.74. The highest BCUT2D eigenvalue weighted by atomic mass is 16.5. The van der Waals surface area contributed by atoms with E-state index in [1.165, 1.54) is 5.56 Å². The van der Waals surface area contributed by atoms with Crippen molar-refractivity contribution >= 4 is 0 Å². The highest BCUT2D eigenvalue weighted by Gasteiger charge is 2.20. The maximum absolute atomic E-state index is 9.74. The molecule has 0 heterocycles. The Balaban J connectivity index is 1.69. The molecule has 0 fully saturated rings. The van der Waals surface area contributed by atoms with E-state index in [0.29, 0.717) is 6.61 Å². The summed E-state index contributed by atoms with van der Waals surface area (Å²) in [5.74, 6) is 1.08. The summed E-state index contributed by atoms with van der Waals surface area (Å²) in [4.78, 5) is 0. The lowest BCUT2D eigenvalue weighted by molar-refractivity contribution is 0.180. The molecule has 0 spiro atoms. The zero-order valence-electron chi connectivity index (χ0n) is 10.5. The van der Waals surface area contributed by atoms with E-state index in [4.69, 9.17) is 4.74 Å². The Kier molecular flexibility index (Phi) is 3.13. The van der Waals surface area contributed by atoms with E-state index in [-0.39, 0.29) is 11.9 Å². The number of hydrogen-bond donors (Lipinski definition) is 2. The summed E-state index contributed by atoms with van der Waals surface area (Å²) in [7, 11) is 0. The third kappa shape index (κ3) is 2.56. The molecule has 1 aliphatic carbocycles. The Labute approximate surface area is 112 Å². The van der Waals surface area contributed by atoms with Crippen molar-refractivity contribution < 1.29 is 14.9 Å². The molecule has 3 rings (SSSR count). The van der Waals surface area contributed by atoms with Crippen LogP contribution in [0, 0.1) is 0 Å². The van der Waals surface area contributed by atoms with Crippen LogP contribution in [0.4, 0.5) is 0 Å². The van der Waals surface area contributed by atoms with E-state index in [1.54, 1.807) is 12.1 Å². The van der Waals surface area contributed by atoms with Crippen molar-refractivity contribution in [1.82, 2.24) is 0 Å². The van der Waals surface area contributed by atoms with E-state index in [1.807, 2.05) is 30.3 Å². The van der Waals surface area contributed by atoms with E-state index < -0.39 is 0 Å². The van der Waals surface area contributed by atoms with Gasteiger partial charge in [-0.2, -0.15) is 0 Å². The van der Waals surface area contributed by atoms with E-state index in [9.17, 15) is 10.2 Å². The van der Waals surface area contributed by atoms with Crippen LogP contribution in [-0.2, 0) is 13.0 Å². The van der Waals surface area contributed by atoms with E-state index >= 15 is 0 Å². The highest BCUT2D eigenvalue weighted by molar-refractivity contribution is 5.40. The Hall–Kier alpha value is -2.00. The van der Waals surface area contributed by atoms with Crippen molar-refractivity contribution in [2.24, 2.45) is 0 Å². The quantitative estimate of drug-likeness (QED) is 0.887. The van der Waals surface area contributed by atoms with Gasteiger partial charge in [0.1, 0.15) is 18.1 Å². The van der Waals surface area contributed by atoms with Gasteiger partial charge in [0.25, 0.3) is 0 Å². The van der Waals surface area contributed by atoms with Crippen molar-refractivity contribution in [3.63, 3.8) is 0 Å². The zero-order valence-corrected chi connectivity index (χ0v) is 10.5. The molecule has 2 N–H and O–H groups in total. The number of aromatic hydroxyl groups is 1. The third-order valence-electron chi connectivity index (χ3n) is 3.50. The zero-order chi connectivity index (χ0) is 13.2. The summed E-state index contributed by atoms with van der Waals surface area (Å²) in [6.45, 7) is 0.474. The third-order valence-corrected chi connectivity index (χ3v) is 3.50. The Morgan fingerprint density at radius 3 is 2.68 bits per heavy atom. The maximum Gasteiger partial charge on any atom is 0.120 e. The van der Waals surface area contributed by atoms with E-state index in [0.717, 1.165) is 29.7 Å². The lowest BCUT2D eigenvalue weighted by atomic mass is 10.1. The number of aliphatic hydroxyl groups is 1. The minimum atomic E-state index is -0.318. The molecular weight excluding hydrogens is 240 g/mol. The van der Waals surface area contributed by atoms with Gasteiger partial charge in [0, 0.05) is 0 Å². The molecule has 0 amide bonds. The molecule has 0 saturated carbocycles. The number of phenols is 1. The number of hydrogen-bond acceptors (Lipinski definition) is 3. The lowest BCUT2D eigenvalue weighted by Crippen LogP contribution is -1.96. The van der Waals surface area contributed by atoms with Crippen LogP contribution in [0.25, 0.3) is 0 Å². The minimum absolute atomic E-state index is 0.260. The summed E-state index contributed by atoms with van der Waals surface area (Å²) in [5.41, 5.74) is 3.21. The van der Waals surface area contributed by atoms with Crippen LogP contribution in [0.15, 0.2) is 42.5 Å². The van der Waals surface area contributed by atoms with Gasteiger partial charge in [-0.05, 0) is 53.8 Å². The first-order valence-electron chi connectivity index (χ1n) is 6.44. The largest absolute Gasteiger partial charge is 0.508 e. The van der Waals surface area contributed by atoms with Crippen LogP contribution in [-0.4, -0.2) is 10.2 Å². The topological polar surface area (TPSA) is 49.7 Å². The van der Waals surface area contributed by atoms with Crippen molar-refractivity contribution in [2.45, 2.75) is 25.6 Å². The van der Waals surface area contributed by atoms with Gasteiger partial charge in [0.15, 0.2) is 0 Å². The van der Waals surface area contributed by atoms with Gasteiger partial charge in [-0.15, -0.1) is 0 Å². The van der Waals surface area contributed by atoms with Crippen LogP contribution in [0.3, 0.4) is 0 Å². The molecular formula is C16H16O3. The second-order valence-corrected chi connectivity index (χ2v) is 4.87. The summed E-state index contributed by atoms with van der Waals surface area (Å²) < 4.78 is 5.73. The van der Waals surface area contributed by atoms with Crippen molar-refractivity contribution in [1.29, 1.82) is 0 Å². The van der Waals surface area contributed by atoms with Crippen LogP contribution in [0.1, 0.15) is 29.2 Å². The van der Waals surface area contributed by atoms with Gasteiger partial charge in [-0.1, -0.05) is 18.2 Å². The molecule has 3 heteroatoms. The number of aliphatic hydroxyl groups excluding tert-OH is 1. The molecule has 0 saturated heterocycles. The van der Waals surface area contributed by atoms with Crippen LogP contribution in [0.2, 0.25) is 0 Å². The lowest BCUT2D eigenvalue weighted by Gasteiger charge is -2.09. The summed E-state index contributed by atoms with van der Waals surface area (Å²) >= 11 is 0. The average Bonchev–Trinajstić information content (AvgIpc) is 2.79. The van der Waals surface area contributed by atoms with Crippen molar-refractivity contribution in [3.8, 4) is 11.5 Å². The molecule has 0 unspecified atom stereocenters. The molecule has 2 aromatic carbocycles. The number of rotatable bonds is 3. The predicted molar refractivity (Wildman–Crippen MR) is 72.2 cm³/mol. The van der Waals surface area contributed by atoms with Crippen molar-refractivity contribution in [3.05, 3.63) is 59.2 Å². The van der Waals surface area contributed by atoms with Gasteiger partial charge in [-0.25, -0.2) is 0 Å². The second kappa shape index (κ2) is 4.94. The molecule has 1 atom stereocenters. The number of benzene rings is 2. The van der Waals surface area contributed by atoms with Crippen LogP contribution < -0.4 is 4.74 Å². The number of ether oxygens (including phenoxy) is 1. The summed E-state index contributed by atoms with van der Waals surface area (Å²) in [5, 5.41) is 18.9. The Morgan fingerprint density at radius 2 is 1.89 bits per heavy atom. The first kappa shape index (κ1) is 12.1. The number of fused-ring (bicyclic) bond motifs is 1. The molecule has 1 aliphatic rings. The predicted octanol–water partition coefficient (Wildman–Crippen LogP) is 2.95. The molecule has 19 heavy (non-hydrogen) atoms. The number of phenolic OH excluding ortho intramolecular Hbond substituents is 1. The fourth-order valence-corrected chi connectivity index (χ4v) is 2.42. The molecule has 0 radical (unpaired) electrons. The second-order valence-electron chi connectivity index (χ2n) is 4.87. The monoisotopic (exact) mass is 256 g/mol. The molecule has 98 valence electrons. The average molecular weight is 256 g/mol. The first-order valence-corrected chi connectivity index (χ1v) is 6.44. The fraction of sp³-hybridized carbons (Fsp3) is 0.250. The molecule has 0 aromatic heterocycles. The fourth-order valence-electron chi connectivity index (χ4n) is 2.42. The minimum Gasteiger partial charge on any atom is -0.508 e. The van der Waals surface area contributed by atoms with Gasteiger partial charge in [0.05, 0.1) is 6.10 Å².